The summed E-state index contributed by atoms with van der Waals surface area (Å²) in [5.41, 5.74) is 6.45. The fraction of sp³-hybridized carbons (Fsp3) is 0.500. The third kappa shape index (κ3) is 2.53. The average molecular weight is 259 g/mol. The Morgan fingerprint density at radius 3 is 2.71 bits per heavy atom. The minimum atomic E-state index is -0.353. The minimum Gasteiger partial charge on any atom is -0.396 e. The molecule has 1 aromatic rings. The maximum Gasteiger partial charge on any atom is 0.106 e. The van der Waals surface area contributed by atoms with Crippen LogP contribution in [0, 0.1) is 5.41 Å². The molecule has 3 N–H and O–H groups in total. The van der Waals surface area contributed by atoms with Gasteiger partial charge in [0.25, 0.3) is 0 Å². The van der Waals surface area contributed by atoms with Gasteiger partial charge in [0, 0.05) is 5.41 Å². The number of aliphatic hydroxyl groups excluding tert-OH is 1. The van der Waals surface area contributed by atoms with Gasteiger partial charge in [-0.25, -0.2) is 4.98 Å². The Kier molecular flexibility index (Phi) is 3.64. The van der Waals surface area contributed by atoms with E-state index in [0.29, 0.717) is 0 Å². The normalized spacial score (nSPS) is 14.1. The molecule has 0 aromatic carbocycles. The molecule has 0 fully saturated rings. The summed E-state index contributed by atoms with van der Waals surface area (Å²) in [5, 5.41) is 9.18. The van der Waals surface area contributed by atoms with E-state index in [1.54, 1.807) is 0 Å². The van der Waals surface area contributed by atoms with Gasteiger partial charge in [0.2, 0.25) is 0 Å². The number of nitrogens with two attached hydrogens (primary N) is 1. The Morgan fingerprint density at radius 1 is 1.57 bits per heavy atom. The molecular weight excluding hydrogens is 244 g/mol. The van der Waals surface area contributed by atoms with Crippen molar-refractivity contribution in [2.45, 2.75) is 19.9 Å². The minimum absolute atomic E-state index is 0.0440. The summed E-state index contributed by atoms with van der Waals surface area (Å²) < 4.78 is 0.763. The van der Waals surface area contributed by atoms with Crippen molar-refractivity contribution < 1.29 is 5.11 Å². The molecule has 0 spiro atoms. The van der Waals surface area contributed by atoms with Gasteiger partial charge in [-0.3, -0.25) is 0 Å². The first-order valence-corrected chi connectivity index (χ1v) is 5.25. The fourth-order valence-corrected chi connectivity index (χ4v) is 1.45. The van der Waals surface area contributed by atoms with Crippen LogP contribution in [0.15, 0.2) is 22.8 Å². The Hall–Kier alpha value is -0.450. The molecule has 0 radical (unpaired) electrons. The van der Waals surface area contributed by atoms with Crippen LogP contribution in [-0.2, 0) is 0 Å². The predicted octanol–water partition coefficient (Wildman–Crippen LogP) is 1.86. The number of aliphatic hydroxyl groups is 1. The van der Waals surface area contributed by atoms with Gasteiger partial charge < -0.3 is 10.8 Å². The lowest BCUT2D eigenvalue weighted by atomic mass is 9.84. The second-order valence-electron chi connectivity index (χ2n) is 4.01. The van der Waals surface area contributed by atoms with Gasteiger partial charge in [-0.1, -0.05) is 19.9 Å². The first-order chi connectivity index (χ1) is 6.47. The summed E-state index contributed by atoms with van der Waals surface area (Å²) in [6, 6.07) is 5.35. The third-order valence-corrected chi connectivity index (χ3v) is 2.75. The quantitative estimate of drug-likeness (QED) is 0.814. The summed E-state index contributed by atoms with van der Waals surface area (Å²) >= 11 is 3.29. The lowest BCUT2D eigenvalue weighted by Gasteiger charge is -2.28. The van der Waals surface area contributed by atoms with E-state index in [1.165, 1.54) is 0 Å². The zero-order chi connectivity index (χ0) is 10.8. The van der Waals surface area contributed by atoms with Crippen LogP contribution in [0.5, 0.6) is 0 Å². The number of hydrogen-bond donors (Lipinski definition) is 2. The maximum atomic E-state index is 9.18. The molecule has 0 aliphatic heterocycles. The van der Waals surface area contributed by atoms with Crippen LogP contribution in [-0.4, -0.2) is 16.7 Å². The van der Waals surface area contributed by atoms with Gasteiger partial charge in [0.15, 0.2) is 0 Å². The predicted molar refractivity (Wildman–Crippen MR) is 59.7 cm³/mol. The van der Waals surface area contributed by atoms with Crippen LogP contribution in [0.2, 0.25) is 0 Å². The second-order valence-corrected chi connectivity index (χ2v) is 4.82. The number of halogens is 1. The average Bonchev–Trinajstić information content (AvgIpc) is 2.16. The maximum absolute atomic E-state index is 9.18. The molecule has 0 amide bonds. The number of hydrogen-bond acceptors (Lipinski definition) is 3. The van der Waals surface area contributed by atoms with Crippen molar-refractivity contribution in [3.63, 3.8) is 0 Å². The van der Waals surface area contributed by atoms with E-state index in [0.717, 1.165) is 10.3 Å². The number of aromatic nitrogens is 1. The van der Waals surface area contributed by atoms with Crippen molar-refractivity contribution in [1.82, 2.24) is 4.98 Å². The zero-order valence-electron chi connectivity index (χ0n) is 8.37. The summed E-state index contributed by atoms with van der Waals surface area (Å²) in [7, 11) is 0. The van der Waals surface area contributed by atoms with Crippen molar-refractivity contribution in [2.24, 2.45) is 11.1 Å². The summed E-state index contributed by atoms with van der Waals surface area (Å²) in [6.45, 7) is 3.88. The van der Waals surface area contributed by atoms with Crippen LogP contribution in [0.3, 0.4) is 0 Å². The molecule has 1 atom stereocenters. The smallest absolute Gasteiger partial charge is 0.106 e. The molecule has 0 saturated carbocycles. The van der Waals surface area contributed by atoms with E-state index < -0.39 is 0 Å². The summed E-state index contributed by atoms with van der Waals surface area (Å²) in [4.78, 5) is 4.27. The Balaban J connectivity index is 2.94. The first kappa shape index (κ1) is 11.6. The molecule has 0 saturated heterocycles. The van der Waals surface area contributed by atoms with Gasteiger partial charge in [0.1, 0.15) is 4.60 Å². The van der Waals surface area contributed by atoms with Gasteiger partial charge in [-0.05, 0) is 28.1 Å². The van der Waals surface area contributed by atoms with Crippen LogP contribution >= 0.6 is 15.9 Å². The fourth-order valence-electron chi connectivity index (χ4n) is 1.10. The standard InChI is InChI=1S/C10H15BrN2O/c1-10(2,6-14)9(12)7-4-3-5-8(11)13-7/h3-5,9,14H,6,12H2,1-2H3/t9-/m0/s1. The molecule has 1 heterocycles. The van der Waals surface area contributed by atoms with E-state index in [2.05, 4.69) is 20.9 Å². The van der Waals surface area contributed by atoms with E-state index >= 15 is 0 Å². The van der Waals surface area contributed by atoms with Crippen LogP contribution in [0.1, 0.15) is 25.6 Å². The molecule has 14 heavy (non-hydrogen) atoms. The molecule has 0 unspecified atom stereocenters. The van der Waals surface area contributed by atoms with E-state index in [1.807, 2.05) is 32.0 Å². The number of rotatable bonds is 3. The van der Waals surface area contributed by atoms with Crippen molar-refractivity contribution >= 4 is 15.9 Å². The molecule has 4 heteroatoms. The lowest BCUT2D eigenvalue weighted by Crippen LogP contribution is -2.33. The third-order valence-electron chi connectivity index (χ3n) is 2.30. The largest absolute Gasteiger partial charge is 0.396 e. The van der Waals surface area contributed by atoms with Gasteiger partial charge in [-0.15, -0.1) is 0 Å². The molecule has 0 aliphatic carbocycles. The zero-order valence-corrected chi connectivity index (χ0v) is 9.95. The van der Waals surface area contributed by atoms with Crippen molar-refractivity contribution in [2.75, 3.05) is 6.61 Å². The Bertz CT molecular complexity index is 315. The number of nitrogens with zero attached hydrogens (tertiary/aromatic N) is 1. The summed E-state index contributed by atoms with van der Waals surface area (Å²) in [6.07, 6.45) is 0. The van der Waals surface area contributed by atoms with E-state index in [9.17, 15) is 5.11 Å². The van der Waals surface area contributed by atoms with Gasteiger partial charge >= 0.3 is 0 Å². The summed E-state index contributed by atoms with van der Waals surface area (Å²) in [5.74, 6) is 0. The molecule has 1 rings (SSSR count). The molecule has 0 aliphatic rings. The van der Waals surface area contributed by atoms with Crippen LogP contribution in [0.25, 0.3) is 0 Å². The van der Waals surface area contributed by atoms with Crippen LogP contribution < -0.4 is 5.73 Å². The van der Waals surface area contributed by atoms with Gasteiger partial charge in [0.05, 0.1) is 18.3 Å². The monoisotopic (exact) mass is 258 g/mol. The first-order valence-electron chi connectivity index (χ1n) is 4.46. The molecular formula is C10H15BrN2O. The Morgan fingerprint density at radius 2 is 2.21 bits per heavy atom. The van der Waals surface area contributed by atoms with E-state index in [4.69, 9.17) is 5.73 Å². The highest BCUT2D eigenvalue weighted by molar-refractivity contribution is 9.10. The molecule has 78 valence electrons. The van der Waals surface area contributed by atoms with Crippen molar-refractivity contribution in [3.05, 3.63) is 28.5 Å². The highest BCUT2D eigenvalue weighted by Gasteiger charge is 2.27. The highest BCUT2D eigenvalue weighted by Crippen LogP contribution is 2.29. The molecule has 1 aromatic heterocycles. The SMILES string of the molecule is CC(C)(CO)[C@@H](N)c1cccc(Br)n1. The number of pyridine rings is 1. The van der Waals surface area contributed by atoms with Crippen LogP contribution in [0.4, 0.5) is 0 Å². The van der Waals surface area contributed by atoms with E-state index in [-0.39, 0.29) is 18.1 Å². The lowest BCUT2D eigenvalue weighted by molar-refractivity contribution is 0.130. The van der Waals surface area contributed by atoms with Crippen molar-refractivity contribution in [1.29, 1.82) is 0 Å². The van der Waals surface area contributed by atoms with Crippen molar-refractivity contribution in [3.8, 4) is 0 Å². The second kappa shape index (κ2) is 4.38. The Labute approximate surface area is 92.5 Å². The van der Waals surface area contributed by atoms with Gasteiger partial charge in [-0.2, -0.15) is 0 Å². The molecule has 3 nitrogen and oxygen atoms in total. The highest BCUT2D eigenvalue weighted by atomic mass is 79.9. The molecule has 0 bridgehead atoms. The topological polar surface area (TPSA) is 59.1 Å².